The monoisotopic (exact) mass is 278 g/mol. The summed E-state index contributed by atoms with van der Waals surface area (Å²) in [6.07, 6.45) is 0. The van der Waals surface area contributed by atoms with Crippen LogP contribution < -0.4 is 4.74 Å². The van der Waals surface area contributed by atoms with Crippen molar-refractivity contribution in [2.75, 3.05) is 6.61 Å². The predicted octanol–water partition coefficient (Wildman–Crippen LogP) is 3.73. The number of carboxylic acid groups (broad SMARTS) is 1. The Labute approximate surface area is 114 Å². The molecule has 0 bridgehead atoms. The minimum atomic E-state index is -1.38. The number of benzene rings is 2. The Balaban J connectivity index is 2.52. The van der Waals surface area contributed by atoms with Crippen molar-refractivity contribution in [2.45, 2.75) is 6.92 Å². The van der Waals surface area contributed by atoms with Crippen molar-refractivity contribution in [3.8, 4) is 16.9 Å². The van der Waals surface area contributed by atoms with E-state index < -0.39 is 23.2 Å². The van der Waals surface area contributed by atoms with E-state index in [1.165, 1.54) is 12.1 Å². The van der Waals surface area contributed by atoms with E-state index in [1.54, 1.807) is 19.1 Å². The van der Waals surface area contributed by atoms with Crippen LogP contribution in [0, 0.1) is 11.6 Å². The third kappa shape index (κ3) is 2.77. The molecule has 0 radical (unpaired) electrons. The van der Waals surface area contributed by atoms with Crippen LogP contribution in [0.15, 0.2) is 36.4 Å². The average molecular weight is 278 g/mol. The van der Waals surface area contributed by atoms with Gasteiger partial charge in [0.15, 0.2) is 0 Å². The van der Waals surface area contributed by atoms with Crippen LogP contribution in [-0.4, -0.2) is 17.7 Å². The van der Waals surface area contributed by atoms with Gasteiger partial charge in [0.2, 0.25) is 0 Å². The molecule has 0 aliphatic heterocycles. The molecule has 5 heteroatoms. The van der Waals surface area contributed by atoms with E-state index in [4.69, 9.17) is 9.84 Å². The zero-order chi connectivity index (χ0) is 14.7. The third-order valence-corrected chi connectivity index (χ3v) is 2.72. The number of hydrogen-bond acceptors (Lipinski definition) is 2. The van der Waals surface area contributed by atoms with Gasteiger partial charge in [0, 0.05) is 0 Å². The molecule has 0 fully saturated rings. The smallest absolute Gasteiger partial charge is 0.335 e. The molecule has 1 N–H and O–H groups in total. The van der Waals surface area contributed by atoms with Crippen LogP contribution in [0.2, 0.25) is 0 Å². The van der Waals surface area contributed by atoms with Crippen LogP contribution >= 0.6 is 0 Å². The zero-order valence-corrected chi connectivity index (χ0v) is 10.7. The summed E-state index contributed by atoms with van der Waals surface area (Å²) in [6.45, 7) is 2.24. The molecule has 104 valence electrons. The van der Waals surface area contributed by atoms with Gasteiger partial charge in [-0.05, 0) is 36.8 Å². The van der Waals surface area contributed by atoms with Crippen molar-refractivity contribution in [1.29, 1.82) is 0 Å². The Morgan fingerprint density at radius 1 is 1.20 bits per heavy atom. The fraction of sp³-hybridized carbons (Fsp3) is 0.133. The van der Waals surface area contributed by atoms with Crippen LogP contribution in [-0.2, 0) is 0 Å². The highest BCUT2D eigenvalue weighted by Crippen LogP contribution is 2.29. The molecule has 0 aromatic heterocycles. The number of aromatic carboxylic acids is 1. The van der Waals surface area contributed by atoms with Crippen molar-refractivity contribution >= 4 is 5.97 Å². The van der Waals surface area contributed by atoms with Crippen molar-refractivity contribution in [2.24, 2.45) is 0 Å². The second kappa shape index (κ2) is 5.69. The number of hydrogen-bond donors (Lipinski definition) is 1. The molecule has 20 heavy (non-hydrogen) atoms. The summed E-state index contributed by atoms with van der Waals surface area (Å²) in [5.74, 6) is -2.73. The number of carboxylic acids is 1. The van der Waals surface area contributed by atoms with Gasteiger partial charge in [-0.15, -0.1) is 0 Å². The lowest BCUT2D eigenvalue weighted by Gasteiger charge is -2.09. The van der Waals surface area contributed by atoms with E-state index in [0.717, 1.165) is 12.1 Å². The highest BCUT2D eigenvalue weighted by atomic mass is 19.1. The van der Waals surface area contributed by atoms with Crippen molar-refractivity contribution < 1.29 is 23.4 Å². The lowest BCUT2D eigenvalue weighted by Crippen LogP contribution is -2.01. The van der Waals surface area contributed by atoms with E-state index >= 15 is 0 Å². The molecule has 0 saturated carbocycles. The molecule has 0 aliphatic carbocycles. The van der Waals surface area contributed by atoms with Gasteiger partial charge in [-0.3, -0.25) is 0 Å². The highest BCUT2D eigenvalue weighted by molar-refractivity contribution is 5.88. The molecule has 3 nitrogen and oxygen atoms in total. The molecule has 2 aromatic carbocycles. The standard InChI is InChI=1S/C15H12F2O3/c1-2-20-11-5-3-4-9(6-11)14-12(16)7-10(15(18)19)8-13(14)17/h3-8H,2H2,1H3,(H,18,19). The van der Waals surface area contributed by atoms with Crippen LogP contribution in [0.3, 0.4) is 0 Å². The first-order valence-corrected chi connectivity index (χ1v) is 5.98. The SMILES string of the molecule is CCOc1cccc(-c2c(F)cc(C(=O)O)cc2F)c1. The van der Waals surface area contributed by atoms with Gasteiger partial charge >= 0.3 is 5.97 Å². The summed E-state index contributed by atoms with van der Waals surface area (Å²) in [7, 11) is 0. The Morgan fingerprint density at radius 3 is 2.40 bits per heavy atom. The maximum Gasteiger partial charge on any atom is 0.335 e. The van der Waals surface area contributed by atoms with Gasteiger partial charge in [0.05, 0.1) is 17.7 Å². The summed E-state index contributed by atoms with van der Waals surface area (Å²) >= 11 is 0. The summed E-state index contributed by atoms with van der Waals surface area (Å²) in [5, 5.41) is 8.76. The van der Waals surface area contributed by atoms with Crippen LogP contribution in [0.25, 0.3) is 11.1 Å². The van der Waals surface area contributed by atoms with Crippen LogP contribution in [0.1, 0.15) is 17.3 Å². The summed E-state index contributed by atoms with van der Waals surface area (Å²) < 4.78 is 33.1. The topological polar surface area (TPSA) is 46.5 Å². The molecular weight excluding hydrogens is 266 g/mol. The Morgan fingerprint density at radius 2 is 1.85 bits per heavy atom. The Kier molecular flexibility index (Phi) is 3.98. The summed E-state index contributed by atoms with van der Waals surface area (Å²) in [6, 6.07) is 7.93. The lowest BCUT2D eigenvalue weighted by molar-refractivity contribution is 0.0696. The first-order valence-electron chi connectivity index (χ1n) is 5.98. The number of ether oxygens (including phenoxy) is 1. The molecule has 2 rings (SSSR count). The second-order valence-corrected chi connectivity index (χ2v) is 4.08. The molecule has 0 unspecified atom stereocenters. The van der Waals surface area contributed by atoms with Crippen molar-refractivity contribution in [1.82, 2.24) is 0 Å². The normalized spacial score (nSPS) is 10.3. The number of halogens is 2. The van der Waals surface area contributed by atoms with Gasteiger partial charge in [-0.2, -0.15) is 0 Å². The van der Waals surface area contributed by atoms with Crippen molar-refractivity contribution in [3.05, 3.63) is 53.6 Å². The number of carbonyl (C=O) groups is 1. The van der Waals surface area contributed by atoms with E-state index in [2.05, 4.69) is 0 Å². The molecule has 0 amide bonds. The first-order chi connectivity index (χ1) is 9.52. The molecule has 0 atom stereocenters. The zero-order valence-electron chi connectivity index (χ0n) is 10.7. The number of rotatable bonds is 4. The van der Waals surface area contributed by atoms with Crippen LogP contribution in [0.4, 0.5) is 8.78 Å². The van der Waals surface area contributed by atoms with Gasteiger partial charge in [-0.1, -0.05) is 12.1 Å². The summed E-state index contributed by atoms with van der Waals surface area (Å²) in [5.41, 5.74) is -0.399. The Bertz CT molecular complexity index is 630. The van der Waals surface area contributed by atoms with E-state index in [-0.39, 0.29) is 5.56 Å². The van der Waals surface area contributed by atoms with Crippen molar-refractivity contribution in [3.63, 3.8) is 0 Å². The largest absolute Gasteiger partial charge is 0.494 e. The molecular formula is C15H12F2O3. The second-order valence-electron chi connectivity index (χ2n) is 4.08. The molecule has 0 heterocycles. The summed E-state index contributed by atoms with van der Waals surface area (Å²) in [4.78, 5) is 10.7. The van der Waals surface area contributed by atoms with Gasteiger partial charge < -0.3 is 9.84 Å². The fourth-order valence-electron chi connectivity index (χ4n) is 1.88. The van der Waals surface area contributed by atoms with E-state index in [9.17, 15) is 13.6 Å². The minimum absolute atomic E-state index is 0.267. The first kappa shape index (κ1) is 14.0. The maximum absolute atomic E-state index is 13.9. The highest BCUT2D eigenvalue weighted by Gasteiger charge is 2.16. The lowest BCUT2D eigenvalue weighted by atomic mass is 10.0. The maximum atomic E-state index is 13.9. The van der Waals surface area contributed by atoms with E-state index in [1.807, 2.05) is 0 Å². The molecule has 0 spiro atoms. The van der Waals surface area contributed by atoms with Gasteiger partial charge in [0.25, 0.3) is 0 Å². The van der Waals surface area contributed by atoms with E-state index in [0.29, 0.717) is 17.9 Å². The Hall–Kier alpha value is -2.43. The third-order valence-electron chi connectivity index (χ3n) is 2.72. The average Bonchev–Trinajstić information content (AvgIpc) is 2.38. The fourth-order valence-corrected chi connectivity index (χ4v) is 1.88. The molecule has 2 aromatic rings. The van der Waals surface area contributed by atoms with Gasteiger partial charge in [-0.25, -0.2) is 13.6 Å². The van der Waals surface area contributed by atoms with Gasteiger partial charge in [0.1, 0.15) is 17.4 Å². The predicted molar refractivity (Wildman–Crippen MR) is 69.9 cm³/mol. The van der Waals surface area contributed by atoms with Crippen LogP contribution in [0.5, 0.6) is 5.75 Å². The minimum Gasteiger partial charge on any atom is -0.494 e. The molecule has 0 saturated heterocycles. The molecule has 0 aliphatic rings. The quantitative estimate of drug-likeness (QED) is 0.927.